The summed E-state index contributed by atoms with van der Waals surface area (Å²) in [5.74, 6) is 0.389. The zero-order valence-corrected chi connectivity index (χ0v) is 11.4. The van der Waals surface area contributed by atoms with Crippen molar-refractivity contribution in [1.82, 2.24) is 5.32 Å². The Morgan fingerprint density at radius 3 is 2.50 bits per heavy atom. The second-order valence-corrected chi connectivity index (χ2v) is 4.76. The third-order valence-electron chi connectivity index (χ3n) is 2.26. The van der Waals surface area contributed by atoms with Crippen molar-refractivity contribution >= 4 is 23.5 Å². The molecule has 0 atom stereocenters. The van der Waals surface area contributed by atoms with E-state index in [0.717, 1.165) is 4.90 Å². The quantitative estimate of drug-likeness (QED) is 0.464. The van der Waals surface area contributed by atoms with Gasteiger partial charge in [-0.05, 0) is 19.1 Å². The van der Waals surface area contributed by atoms with Gasteiger partial charge in [0.2, 0.25) is 5.91 Å². The van der Waals surface area contributed by atoms with Crippen LogP contribution in [0.4, 0.5) is 0 Å². The Morgan fingerprint density at radius 1 is 1.28 bits per heavy atom. The zero-order chi connectivity index (χ0) is 13.4. The van der Waals surface area contributed by atoms with E-state index in [9.17, 15) is 9.59 Å². The first kappa shape index (κ1) is 14.7. The molecule has 18 heavy (non-hydrogen) atoms. The van der Waals surface area contributed by atoms with Crippen LogP contribution >= 0.6 is 11.8 Å². The average molecular weight is 267 g/mol. The lowest BCUT2D eigenvalue weighted by atomic mass is 10.2. The number of nitrogens with one attached hydrogen (secondary N) is 1. The van der Waals surface area contributed by atoms with Crippen molar-refractivity contribution in [2.45, 2.75) is 11.8 Å². The molecule has 0 fully saturated rings. The van der Waals surface area contributed by atoms with Crippen molar-refractivity contribution in [3.8, 4) is 0 Å². The standard InChI is InChI=1S/C13H17NO3S/c1-10(15)11-3-5-12(6-4-11)18-9-13(16)14-7-8-17-2/h3-6H,7-9H2,1-2H3,(H,14,16). The Hall–Kier alpha value is -1.33. The molecule has 0 radical (unpaired) electrons. The minimum absolute atomic E-state index is 0.0207. The topological polar surface area (TPSA) is 55.4 Å². The third kappa shape index (κ3) is 5.33. The van der Waals surface area contributed by atoms with E-state index in [0.29, 0.717) is 24.5 Å². The van der Waals surface area contributed by atoms with Gasteiger partial charge in [0.1, 0.15) is 0 Å². The van der Waals surface area contributed by atoms with Crippen LogP contribution in [-0.4, -0.2) is 37.7 Å². The SMILES string of the molecule is COCCNC(=O)CSc1ccc(C(C)=O)cc1. The van der Waals surface area contributed by atoms with Crippen LogP contribution in [0.25, 0.3) is 0 Å². The maximum Gasteiger partial charge on any atom is 0.230 e. The summed E-state index contributed by atoms with van der Waals surface area (Å²) in [7, 11) is 1.59. The summed E-state index contributed by atoms with van der Waals surface area (Å²) in [6.07, 6.45) is 0. The molecule has 0 aromatic heterocycles. The predicted octanol–water partition coefficient (Wildman–Crippen LogP) is 1.74. The fraction of sp³-hybridized carbons (Fsp3) is 0.385. The van der Waals surface area contributed by atoms with Gasteiger partial charge in [0.05, 0.1) is 12.4 Å². The van der Waals surface area contributed by atoms with Gasteiger partial charge in [0, 0.05) is 24.1 Å². The van der Waals surface area contributed by atoms with Crippen LogP contribution in [0.3, 0.4) is 0 Å². The van der Waals surface area contributed by atoms with Crippen LogP contribution in [0.5, 0.6) is 0 Å². The van der Waals surface area contributed by atoms with Crippen LogP contribution in [0.2, 0.25) is 0 Å². The van der Waals surface area contributed by atoms with Gasteiger partial charge in [-0.25, -0.2) is 0 Å². The molecule has 0 saturated carbocycles. The molecule has 0 bridgehead atoms. The van der Waals surface area contributed by atoms with E-state index in [2.05, 4.69) is 5.32 Å². The van der Waals surface area contributed by atoms with E-state index in [-0.39, 0.29) is 11.7 Å². The number of hydrogen-bond acceptors (Lipinski definition) is 4. The van der Waals surface area contributed by atoms with E-state index in [1.807, 2.05) is 12.1 Å². The van der Waals surface area contributed by atoms with E-state index in [1.165, 1.54) is 18.7 Å². The number of ketones is 1. The van der Waals surface area contributed by atoms with Gasteiger partial charge < -0.3 is 10.1 Å². The molecule has 4 nitrogen and oxygen atoms in total. The summed E-state index contributed by atoms with van der Waals surface area (Å²) in [5, 5.41) is 2.74. The van der Waals surface area contributed by atoms with Crippen LogP contribution in [0.1, 0.15) is 17.3 Å². The molecular weight excluding hydrogens is 250 g/mol. The monoisotopic (exact) mass is 267 g/mol. The van der Waals surface area contributed by atoms with Crippen molar-refractivity contribution in [3.05, 3.63) is 29.8 Å². The highest BCUT2D eigenvalue weighted by molar-refractivity contribution is 8.00. The zero-order valence-electron chi connectivity index (χ0n) is 10.6. The molecule has 1 rings (SSSR count). The summed E-state index contributed by atoms with van der Waals surface area (Å²) in [6.45, 7) is 2.58. The van der Waals surface area contributed by atoms with E-state index >= 15 is 0 Å². The lowest BCUT2D eigenvalue weighted by Crippen LogP contribution is -2.28. The van der Waals surface area contributed by atoms with Crippen molar-refractivity contribution in [2.75, 3.05) is 26.0 Å². The van der Waals surface area contributed by atoms with Gasteiger partial charge in [-0.3, -0.25) is 9.59 Å². The second-order valence-electron chi connectivity index (χ2n) is 3.71. The normalized spacial score (nSPS) is 10.1. The first-order chi connectivity index (χ1) is 8.63. The molecule has 0 heterocycles. The van der Waals surface area contributed by atoms with Crippen molar-refractivity contribution in [1.29, 1.82) is 0 Å². The Morgan fingerprint density at radius 2 is 1.94 bits per heavy atom. The highest BCUT2D eigenvalue weighted by Gasteiger charge is 2.03. The fourth-order valence-electron chi connectivity index (χ4n) is 1.28. The van der Waals surface area contributed by atoms with Gasteiger partial charge in [0.15, 0.2) is 5.78 Å². The number of amides is 1. The Kier molecular flexibility index (Phi) is 6.46. The lowest BCUT2D eigenvalue weighted by molar-refractivity contribution is -0.118. The van der Waals surface area contributed by atoms with E-state index in [1.54, 1.807) is 19.2 Å². The molecule has 0 aliphatic rings. The Bertz CT molecular complexity index is 403. The number of ether oxygens (including phenoxy) is 1. The Labute approximate surface area is 111 Å². The number of thioether (sulfide) groups is 1. The number of carbonyl (C=O) groups is 2. The third-order valence-corrected chi connectivity index (χ3v) is 3.27. The maximum absolute atomic E-state index is 11.4. The van der Waals surface area contributed by atoms with Gasteiger partial charge in [-0.15, -0.1) is 11.8 Å². The van der Waals surface area contributed by atoms with Crippen LogP contribution in [0, 0.1) is 0 Å². The van der Waals surface area contributed by atoms with Gasteiger partial charge in [0.25, 0.3) is 0 Å². The molecule has 1 N–H and O–H groups in total. The molecule has 1 amide bonds. The number of hydrogen-bond donors (Lipinski definition) is 1. The molecule has 1 aromatic carbocycles. The molecule has 0 aliphatic heterocycles. The van der Waals surface area contributed by atoms with E-state index in [4.69, 9.17) is 4.74 Å². The highest BCUT2D eigenvalue weighted by atomic mass is 32.2. The number of carbonyl (C=O) groups excluding carboxylic acids is 2. The number of Topliss-reactive ketones (excluding diaryl/α,β-unsaturated/α-hetero) is 1. The number of rotatable bonds is 7. The highest BCUT2D eigenvalue weighted by Crippen LogP contribution is 2.18. The predicted molar refractivity (Wildman–Crippen MR) is 72.1 cm³/mol. The number of methoxy groups -OCH3 is 1. The molecule has 0 unspecified atom stereocenters. The van der Waals surface area contributed by atoms with Gasteiger partial charge in [-0.1, -0.05) is 12.1 Å². The second kappa shape index (κ2) is 7.89. The van der Waals surface area contributed by atoms with E-state index < -0.39 is 0 Å². The van der Waals surface area contributed by atoms with Crippen molar-refractivity contribution in [2.24, 2.45) is 0 Å². The minimum Gasteiger partial charge on any atom is -0.383 e. The molecule has 0 aliphatic carbocycles. The summed E-state index contributed by atoms with van der Waals surface area (Å²) >= 11 is 1.44. The largest absolute Gasteiger partial charge is 0.383 e. The Balaban J connectivity index is 2.34. The smallest absolute Gasteiger partial charge is 0.230 e. The first-order valence-corrected chi connectivity index (χ1v) is 6.61. The minimum atomic E-state index is -0.0207. The summed E-state index contributed by atoms with van der Waals surface area (Å²) in [5.41, 5.74) is 0.684. The molecule has 1 aromatic rings. The van der Waals surface area contributed by atoms with Crippen LogP contribution < -0.4 is 5.32 Å². The van der Waals surface area contributed by atoms with Gasteiger partial charge in [-0.2, -0.15) is 0 Å². The van der Waals surface area contributed by atoms with Gasteiger partial charge >= 0.3 is 0 Å². The summed E-state index contributed by atoms with van der Waals surface area (Å²) in [6, 6.07) is 7.24. The van der Waals surface area contributed by atoms with Crippen molar-refractivity contribution in [3.63, 3.8) is 0 Å². The maximum atomic E-state index is 11.4. The molecule has 98 valence electrons. The van der Waals surface area contributed by atoms with Crippen molar-refractivity contribution < 1.29 is 14.3 Å². The lowest BCUT2D eigenvalue weighted by Gasteiger charge is -2.04. The average Bonchev–Trinajstić information content (AvgIpc) is 2.37. The number of benzene rings is 1. The molecule has 5 heteroatoms. The molecular formula is C13H17NO3S. The first-order valence-electron chi connectivity index (χ1n) is 5.63. The fourth-order valence-corrected chi connectivity index (χ4v) is 2.01. The molecule has 0 saturated heterocycles. The molecule has 0 spiro atoms. The summed E-state index contributed by atoms with van der Waals surface area (Å²) in [4.78, 5) is 23.5. The van der Waals surface area contributed by atoms with Crippen LogP contribution in [0.15, 0.2) is 29.2 Å². The van der Waals surface area contributed by atoms with Crippen LogP contribution in [-0.2, 0) is 9.53 Å². The summed E-state index contributed by atoms with van der Waals surface area (Å²) < 4.78 is 4.84.